The molecule has 0 aliphatic carbocycles. The minimum Gasteiger partial charge on any atom is -0.449 e. The largest absolute Gasteiger partial charge is 0.449 e. The van der Waals surface area contributed by atoms with Crippen LogP contribution >= 0.6 is 0 Å². The summed E-state index contributed by atoms with van der Waals surface area (Å²) >= 11 is 0. The van der Waals surface area contributed by atoms with Crippen LogP contribution in [0.3, 0.4) is 0 Å². The number of amides is 2. The van der Waals surface area contributed by atoms with Crippen molar-refractivity contribution in [1.82, 2.24) is 5.32 Å². The van der Waals surface area contributed by atoms with Crippen LogP contribution in [0.1, 0.15) is 15.9 Å². The van der Waals surface area contributed by atoms with Crippen molar-refractivity contribution >= 4 is 23.6 Å². The first kappa shape index (κ1) is 18.6. The lowest BCUT2D eigenvalue weighted by molar-refractivity contribution is -0.115. The Bertz CT molecular complexity index is 857. The minimum absolute atomic E-state index is 0.189. The van der Waals surface area contributed by atoms with E-state index in [0.29, 0.717) is 17.0 Å². The minimum atomic E-state index is -0.497. The lowest BCUT2D eigenvalue weighted by Gasteiger charge is -2.19. The van der Waals surface area contributed by atoms with E-state index in [1.165, 1.54) is 14.2 Å². The van der Waals surface area contributed by atoms with Gasteiger partial charge in [0.2, 0.25) is 0 Å². The van der Waals surface area contributed by atoms with Gasteiger partial charge in [-0.15, -0.1) is 0 Å². The van der Waals surface area contributed by atoms with Crippen molar-refractivity contribution in [1.29, 1.82) is 0 Å². The van der Waals surface area contributed by atoms with E-state index in [-0.39, 0.29) is 24.1 Å². The van der Waals surface area contributed by atoms with E-state index in [1.54, 1.807) is 42.5 Å². The molecule has 2 aromatic rings. The van der Waals surface area contributed by atoms with E-state index < -0.39 is 6.29 Å². The predicted molar refractivity (Wildman–Crippen MR) is 100 cm³/mol. The van der Waals surface area contributed by atoms with Crippen molar-refractivity contribution in [2.24, 2.45) is 0 Å². The number of para-hydroxylation sites is 2. The Morgan fingerprint density at radius 2 is 1.85 bits per heavy atom. The third-order valence-corrected chi connectivity index (χ3v) is 4.00. The highest BCUT2D eigenvalue weighted by molar-refractivity contribution is 6.08. The fraction of sp³-hybridized carbons (Fsp3) is 0.200. The smallest absolute Gasteiger partial charge is 0.291 e. The first-order chi connectivity index (χ1) is 13.1. The molecule has 0 bridgehead atoms. The van der Waals surface area contributed by atoms with Gasteiger partial charge in [0, 0.05) is 19.8 Å². The molecule has 27 heavy (non-hydrogen) atoms. The summed E-state index contributed by atoms with van der Waals surface area (Å²) in [5, 5.41) is 5.50. The van der Waals surface area contributed by atoms with E-state index in [1.807, 2.05) is 12.1 Å². The Hall–Kier alpha value is -3.16. The fourth-order valence-electron chi connectivity index (χ4n) is 2.53. The van der Waals surface area contributed by atoms with Gasteiger partial charge in [-0.25, -0.2) is 0 Å². The first-order valence-electron chi connectivity index (χ1n) is 8.34. The van der Waals surface area contributed by atoms with Crippen LogP contribution in [0.5, 0.6) is 5.75 Å². The van der Waals surface area contributed by atoms with Gasteiger partial charge in [-0.05, 0) is 35.9 Å². The zero-order valence-corrected chi connectivity index (χ0v) is 15.0. The molecule has 0 saturated heterocycles. The summed E-state index contributed by atoms with van der Waals surface area (Å²) in [5.74, 6) is 0.216. The lowest BCUT2D eigenvalue weighted by atomic mass is 10.1. The predicted octanol–water partition coefficient (Wildman–Crippen LogP) is 2.41. The molecule has 7 nitrogen and oxygen atoms in total. The van der Waals surface area contributed by atoms with Gasteiger partial charge in [0.1, 0.15) is 0 Å². The monoisotopic (exact) mass is 368 g/mol. The second-order valence-electron chi connectivity index (χ2n) is 5.79. The van der Waals surface area contributed by atoms with Crippen LogP contribution < -0.4 is 15.4 Å². The Morgan fingerprint density at radius 1 is 1.15 bits per heavy atom. The summed E-state index contributed by atoms with van der Waals surface area (Å²) in [5.41, 5.74) is 1.86. The molecular formula is C20H20N2O5. The van der Waals surface area contributed by atoms with E-state index in [9.17, 15) is 9.59 Å². The van der Waals surface area contributed by atoms with Gasteiger partial charge in [-0.1, -0.05) is 24.3 Å². The maximum absolute atomic E-state index is 12.2. The number of fused-ring (bicyclic) bond motifs is 1. The number of hydrogen-bond donors (Lipinski definition) is 2. The molecule has 1 aliphatic heterocycles. The molecule has 7 heteroatoms. The Morgan fingerprint density at radius 3 is 2.56 bits per heavy atom. The standard InChI is InChI=1S/C20H20N2O5/c1-25-18(26-2)12-21-19(23)14-9-7-13(8-10-14)11-17-20(24)22-15-5-3-4-6-16(15)27-17/h3-11,18H,12H2,1-2H3,(H,21,23)(H,22,24). The molecule has 1 heterocycles. The van der Waals surface area contributed by atoms with Crippen molar-refractivity contribution in [3.63, 3.8) is 0 Å². The lowest BCUT2D eigenvalue weighted by Crippen LogP contribution is -2.34. The molecule has 0 unspecified atom stereocenters. The van der Waals surface area contributed by atoms with Crippen LogP contribution in [0.15, 0.2) is 54.3 Å². The number of carbonyl (C=O) groups excluding carboxylic acids is 2. The van der Waals surface area contributed by atoms with Gasteiger partial charge in [-0.3, -0.25) is 9.59 Å². The number of benzene rings is 2. The maximum atomic E-state index is 12.2. The number of methoxy groups -OCH3 is 2. The van der Waals surface area contributed by atoms with Gasteiger partial charge in [0.15, 0.2) is 17.8 Å². The molecule has 140 valence electrons. The summed E-state index contributed by atoms with van der Waals surface area (Å²) in [4.78, 5) is 24.3. The van der Waals surface area contributed by atoms with Crippen molar-refractivity contribution in [3.05, 3.63) is 65.4 Å². The number of nitrogens with one attached hydrogen (secondary N) is 2. The summed E-state index contributed by atoms with van der Waals surface area (Å²) in [6.45, 7) is 0.241. The number of ether oxygens (including phenoxy) is 3. The highest BCUT2D eigenvalue weighted by atomic mass is 16.7. The molecule has 0 saturated carbocycles. The highest BCUT2D eigenvalue weighted by Crippen LogP contribution is 2.30. The SMILES string of the molecule is COC(CNC(=O)c1ccc(C=C2Oc3ccccc3NC2=O)cc1)OC. The molecule has 0 fully saturated rings. The molecule has 1 aliphatic rings. The normalized spacial score (nSPS) is 14.5. The zero-order valence-electron chi connectivity index (χ0n) is 15.0. The second-order valence-corrected chi connectivity index (χ2v) is 5.79. The fourth-order valence-corrected chi connectivity index (χ4v) is 2.53. The molecule has 0 aromatic heterocycles. The maximum Gasteiger partial charge on any atom is 0.291 e. The van der Waals surface area contributed by atoms with Gasteiger partial charge < -0.3 is 24.8 Å². The average molecular weight is 368 g/mol. The number of hydrogen-bond acceptors (Lipinski definition) is 5. The summed E-state index contributed by atoms with van der Waals surface area (Å²) in [6.07, 6.45) is 1.13. The van der Waals surface area contributed by atoms with E-state index in [2.05, 4.69) is 10.6 Å². The van der Waals surface area contributed by atoms with Crippen LogP contribution in [0, 0.1) is 0 Å². The van der Waals surface area contributed by atoms with E-state index in [4.69, 9.17) is 14.2 Å². The molecule has 2 amide bonds. The Labute approximate surface area is 156 Å². The molecule has 2 aromatic carbocycles. The third kappa shape index (κ3) is 4.52. The first-order valence-corrected chi connectivity index (χ1v) is 8.34. The van der Waals surface area contributed by atoms with Gasteiger partial charge in [0.25, 0.3) is 11.8 Å². The summed E-state index contributed by atoms with van der Waals surface area (Å²) in [7, 11) is 3.01. The van der Waals surface area contributed by atoms with Crippen LogP contribution in [0.4, 0.5) is 5.69 Å². The topological polar surface area (TPSA) is 85.9 Å². The molecule has 0 radical (unpaired) electrons. The van der Waals surface area contributed by atoms with E-state index in [0.717, 1.165) is 5.56 Å². The number of carbonyl (C=O) groups is 2. The van der Waals surface area contributed by atoms with Crippen molar-refractivity contribution in [2.75, 3.05) is 26.1 Å². The number of anilines is 1. The second kappa shape index (κ2) is 8.48. The Kier molecular flexibility index (Phi) is 5.85. The van der Waals surface area contributed by atoms with Crippen LogP contribution in [0.2, 0.25) is 0 Å². The van der Waals surface area contributed by atoms with Gasteiger partial charge in [0.05, 0.1) is 12.2 Å². The molecule has 0 spiro atoms. The highest BCUT2D eigenvalue weighted by Gasteiger charge is 2.21. The van der Waals surface area contributed by atoms with Crippen LogP contribution in [0.25, 0.3) is 6.08 Å². The Balaban J connectivity index is 1.68. The quantitative estimate of drug-likeness (QED) is 0.604. The van der Waals surface area contributed by atoms with Crippen LogP contribution in [-0.4, -0.2) is 38.9 Å². The van der Waals surface area contributed by atoms with Gasteiger partial charge >= 0.3 is 0 Å². The van der Waals surface area contributed by atoms with E-state index >= 15 is 0 Å². The average Bonchev–Trinajstić information content (AvgIpc) is 2.69. The van der Waals surface area contributed by atoms with Crippen molar-refractivity contribution in [3.8, 4) is 5.75 Å². The molecule has 3 rings (SSSR count). The van der Waals surface area contributed by atoms with Crippen LogP contribution in [-0.2, 0) is 14.3 Å². The van der Waals surface area contributed by atoms with Crippen molar-refractivity contribution in [2.45, 2.75) is 6.29 Å². The zero-order chi connectivity index (χ0) is 19.2. The van der Waals surface area contributed by atoms with Gasteiger partial charge in [-0.2, -0.15) is 0 Å². The molecular weight excluding hydrogens is 348 g/mol. The van der Waals surface area contributed by atoms with Crippen molar-refractivity contribution < 1.29 is 23.8 Å². The summed E-state index contributed by atoms with van der Waals surface area (Å²) in [6, 6.07) is 14.0. The number of rotatable bonds is 6. The third-order valence-electron chi connectivity index (χ3n) is 4.00. The molecule has 2 N–H and O–H groups in total. The molecule has 0 atom stereocenters. The summed E-state index contributed by atoms with van der Waals surface area (Å²) < 4.78 is 15.7.